The molecule has 3 amide bonds. The minimum absolute atomic E-state index is 0. The second-order valence-electron chi connectivity index (χ2n) is 21.2. The number of rotatable bonds is 14. The first-order valence-electron chi connectivity index (χ1n) is 27.5. The van der Waals surface area contributed by atoms with Crippen molar-refractivity contribution in [3.63, 3.8) is 0 Å². The van der Waals surface area contributed by atoms with Gasteiger partial charge in [0.05, 0.1) is 23.3 Å². The van der Waals surface area contributed by atoms with E-state index in [4.69, 9.17) is 17.3 Å². The number of hydrogen-bond donors (Lipinski definition) is 3. The van der Waals surface area contributed by atoms with Crippen molar-refractivity contribution in [2.24, 2.45) is 23.5 Å². The molecule has 0 spiro atoms. The van der Waals surface area contributed by atoms with Crippen molar-refractivity contribution in [1.82, 2.24) is 39.9 Å². The van der Waals surface area contributed by atoms with E-state index in [0.29, 0.717) is 72.0 Å². The van der Waals surface area contributed by atoms with Gasteiger partial charge in [-0.2, -0.15) is 17.7 Å². The van der Waals surface area contributed by atoms with Crippen LogP contribution in [0.3, 0.4) is 0 Å². The largest absolute Gasteiger partial charge is 1.00 e. The van der Waals surface area contributed by atoms with Crippen LogP contribution in [0.5, 0.6) is 0 Å². The first kappa shape index (κ1) is 56.8. The number of aromatic nitrogens is 3. The van der Waals surface area contributed by atoms with E-state index >= 15 is 0 Å². The van der Waals surface area contributed by atoms with Crippen LogP contribution in [-0.4, -0.2) is 143 Å². The minimum atomic E-state index is -0.948. The van der Waals surface area contributed by atoms with Crippen LogP contribution in [0.25, 0.3) is 11.0 Å². The average molecular weight is 1030 g/mol. The van der Waals surface area contributed by atoms with Crippen LogP contribution in [0, 0.1) is 17.8 Å². The van der Waals surface area contributed by atoms with Gasteiger partial charge in [0.25, 0.3) is 0 Å². The van der Waals surface area contributed by atoms with Gasteiger partial charge < -0.3 is 45.3 Å². The number of amides is 3. The van der Waals surface area contributed by atoms with Crippen LogP contribution in [-0.2, 0) is 19.2 Å². The zero-order chi connectivity index (χ0) is 50.5. The maximum Gasteiger partial charge on any atom is 1.00 e. The molecule has 4 saturated heterocycles. The molecule has 14 nitrogen and oxygen atoms in total. The van der Waals surface area contributed by atoms with Crippen molar-refractivity contribution >= 4 is 52.5 Å². The summed E-state index contributed by atoms with van der Waals surface area (Å²) in [7, 11) is 0. The fourth-order valence-electron chi connectivity index (χ4n) is 11.7. The van der Waals surface area contributed by atoms with Crippen LogP contribution in [0.1, 0.15) is 139 Å². The van der Waals surface area contributed by atoms with Gasteiger partial charge in [0.2, 0.25) is 17.7 Å². The average Bonchev–Trinajstić information content (AvgIpc) is 4.17. The van der Waals surface area contributed by atoms with Crippen molar-refractivity contribution in [3.8, 4) is 0 Å². The number of carbonyl (C=O) groups excluding carboxylic acids is 4. The Balaban J connectivity index is 0.000000296. The van der Waals surface area contributed by atoms with Crippen molar-refractivity contribution in [1.29, 1.82) is 0 Å². The molecule has 2 aromatic carbocycles. The number of halogens is 1. The van der Waals surface area contributed by atoms with Gasteiger partial charge in [0.1, 0.15) is 17.8 Å². The first-order chi connectivity index (χ1) is 35.1. The molecule has 2 aliphatic carbocycles. The summed E-state index contributed by atoms with van der Waals surface area (Å²) in [6.07, 6.45) is 21.0. The molecule has 6 heterocycles. The number of likely N-dealkylation sites (tertiary alicyclic amines) is 2. The fourth-order valence-corrected chi connectivity index (χ4v) is 11.8. The molecule has 0 radical (unpaired) electrons. The molecular weight excluding hydrogens is 947 g/mol. The van der Waals surface area contributed by atoms with Crippen molar-refractivity contribution in [2.75, 3.05) is 83.4 Å². The van der Waals surface area contributed by atoms with Crippen LogP contribution >= 0.6 is 11.6 Å². The molecule has 0 bridgehead atoms. The van der Waals surface area contributed by atoms with E-state index in [1.165, 1.54) is 32.1 Å². The molecule has 6 fully saturated rings. The van der Waals surface area contributed by atoms with Crippen LogP contribution < -0.4 is 45.5 Å². The van der Waals surface area contributed by atoms with Crippen LogP contribution in [0.4, 0.5) is 5.82 Å². The number of nitrogens with one attached hydrogen (secondary N) is 2. The topological polar surface area (TPSA) is 164 Å². The second-order valence-corrected chi connectivity index (χ2v) is 21.7. The summed E-state index contributed by atoms with van der Waals surface area (Å²) < 4.78 is 0. The predicted octanol–water partition coefficient (Wildman–Crippen LogP) is 5.27. The number of fused-ring (bicyclic) bond motifs is 1. The van der Waals surface area contributed by atoms with E-state index in [1.54, 1.807) is 12.4 Å². The molecule has 2 saturated carbocycles. The van der Waals surface area contributed by atoms with E-state index in [2.05, 4.69) is 45.9 Å². The maximum atomic E-state index is 13.9. The quantitative estimate of drug-likeness (QED) is 0.112. The number of piperidine rings is 3. The molecule has 6 aliphatic rings. The second kappa shape index (κ2) is 27.8. The molecule has 73 heavy (non-hydrogen) atoms. The Hall–Kier alpha value is -3.89. The molecule has 2 atom stereocenters. The zero-order valence-corrected chi connectivity index (χ0v) is 46.8. The fraction of sp³-hybridized carbons (Fsp3) is 0.614. The van der Waals surface area contributed by atoms with Crippen LogP contribution in [0.2, 0.25) is 5.02 Å². The monoisotopic (exact) mass is 1030 g/mol. The Morgan fingerprint density at radius 3 is 2.22 bits per heavy atom. The standard InChI is InChI=1S/C39H56ClN9O2.C16H18NO2.C2H6.Na/c40-32-8-6-31(7-9-32)34(45-38(51)39(41)14-20-49(21-15-39)37-33-10-16-42-36(33)43-28-44-37)13-17-46-22-24-47(25-23-46)27-30-11-18-48(19-12-30)35(50)26-29-4-2-1-3-5-29;18-11-12-3-1-4-14(9-12)15-5-2-8-17(10-15)16(19)13-6-7-13;1-2;/h6-10,16,28-30,34H,1-5,11-15,17-27,41H2,(H,45,51)(H,42,43,44);1,3-4,9,13,15H,2,5-8,10H2;1-2H3;/q;-1;;+1. The zero-order valence-electron chi connectivity index (χ0n) is 44.0. The number of nitrogens with zero attached hydrogens (tertiary/aromatic N) is 7. The summed E-state index contributed by atoms with van der Waals surface area (Å²) in [5.74, 6) is 3.47. The Morgan fingerprint density at radius 2 is 1.52 bits per heavy atom. The van der Waals surface area contributed by atoms with E-state index in [9.17, 15) is 19.2 Å². The summed E-state index contributed by atoms with van der Waals surface area (Å²) in [5, 5.41) is 5.02. The molecule has 4 N–H and O–H groups in total. The van der Waals surface area contributed by atoms with Gasteiger partial charge in [-0.05, 0) is 112 Å². The summed E-state index contributed by atoms with van der Waals surface area (Å²) in [5.41, 5.74) is 9.51. The number of anilines is 1. The molecule has 2 aromatic heterocycles. The Morgan fingerprint density at radius 1 is 0.808 bits per heavy atom. The smallest absolute Gasteiger partial charge is 0.376 e. The van der Waals surface area contributed by atoms with Crippen molar-refractivity contribution < 1.29 is 48.7 Å². The molecular formula is C57H80ClN10NaO4. The number of piperazine rings is 1. The SMILES string of the molecule is CC.NC1(C(=O)NC(CCN2CCN(CC3CCN(C(=O)CC4CCCCC4)CC3)CC2)c2ccc(Cl)cc2)CCN(c2ncnc3[nH]ccc23)CC1.O=[C-]c1cccc(C2CCCN(C(=O)C3CC3)C2)c1.[Na+]. The van der Waals surface area contributed by atoms with Gasteiger partial charge in [-0.1, -0.05) is 68.5 Å². The van der Waals surface area contributed by atoms with Gasteiger partial charge >= 0.3 is 29.6 Å². The number of carbonyl (C=O) groups is 3. The Bertz CT molecular complexity index is 2370. The molecule has 390 valence electrons. The van der Waals surface area contributed by atoms with E-state index < -0.39 is 5.54 Å². The third kappa shape index (κ3) is 15.6. The van der Waals surface area contributed by atoms with E-state index in [-0.39, 0.29) is 41.5 Å². The van der Waals surface area contributed by atoms with E-state index in [0.717, 1.165) is 145 Å². The third-order valence-corrected chi connectivity index (χ3v) is 16.6. The van der Waals surface area contributed by atoms with Gasteiger partial charge in [-0.15, -0.1) is 6.07 Å². The summed E-state index contributed by atoms with van der Waals surface area (Å²) in [6.45, 7) is 15.0. The molecule has 4 aliphatic heterocycles. The molecule has 16 heteroatoms. The number of aromatic amines is 1. The summed E-state index contributed by atoms with van der Waals surface area (Å²) >= 11 is 6.25. The van der Waals surface area contributed by atoms with Crippen molar-refractivity contribution in [2.45, 2.75) is 128 Å². The van der Waals surface area contributed by atoms with E-state index in [1.807, 2.05) is 73.7 Å². The molecule has 2 unspecified atom stereocenters. The van der Waals surface area contributed by atoms with Gasteiger partial charge in [-0.25, -0.2) is 9.97 Å². The third-order valence-electron chi connectivity index (χ3n) is 16.3. The number of hydrogen-bond acceptors (Lipinski definition) is 10. The van der Waals surface area contributed by atoms with Gasteiger partial charge in [0, 0.05) is 102 Å². The maximum absolute atomic E-state index is 13.9. The molecule has 4 aromatic rings. The molecule has 10 rings (SSSR count). The summed E-state index contributed by atoms with van der Waals surface area (Å²) in [6, 6.07) is 17.3. The number of H-pyrrole nitrogens is 1. The van der Waals surface area contributed by atoms with Crippen LogP contribution in [0.15, 0.2) is 67.1 Å². The Labute approximate surface area is 461 Å². The van der Waals surface area contributed by atoms with Gasteiger partial charge in [-0.3, -0.25) is 14.4 Å². The number of nitrogens with two attached hydrogens (primary N) is 1. The minimum Gasteiger partial charge on any atom is -0.376 e. The van der Waals surface area contributed by atoms with Gasteiger partial charge in [0.15, 0.2) is 0 Å². The Kier molecular flexibility index (Phi) is 21.6. The summed E-state index contributed by atoms with van der Waals surface area (Å²) in [4.78, 5) is 73.2. The predicted molar refractivity (Wildman–Crippen MR) is 286 cm³/mol. The van der Waals surface area contributed by atoms with Crippen molar-refractivity contribution in [3.05, 3.63) is 88.8 Å². The number of benzene rings is 2. The normalized spacial score (nSPS) is 21.4. The first-order valence-corrected chi connectivity index (χ1v) is 27.9.